The Hall–Kier alpha value is -1.03. The van der Waals surface area contributed by atoms with Gasteiger partial charge in [0.25, 0.3) is 0 Å². The van der Waals surface area contributed by atoms with Crippen LogP contribution >= 0.6 is 15.9 Å². The first kappa shape index (κ1) is 14.0. The van der Waals surface area contributed by atoms with Crippen molar-refractivity contribution in [3.8, 4) is 0 Å². The van der Waals surface area contributed by atoms with Gasteiger partial charge in [0.15, 0.2) is 5.96 Å². The molecule has 0 radical (unpaired) electrons. The lowest BCUT2D eigenvalue weighted by molar-refractivity contribution is 0.717. The van der Waals surface area contributed by atoms with Crippen molar-refractivity contribution in [1.82, 2.24) is 5.32 Å². The van der Waals surface area contributed by atoms with Crippen LogP contribution in [0.3, 0.4) is 0 Å². The van der Waals surface area contributed by atoms with E-state index in [1.165, 1.54) is 0 Å². The number of hydrogen-bond donors (Lipinski definition) is 2. The molecule has 0 aliphatic heterocycles. The van der Waals surface area contributed by atoms with E-state index in [1.54, 1.807) is 0 Å². The van der Waals surface area contributed by atoms with E-state index in [2.05, 4.69) is 59.3 Å². The minimum Gasteiger partial charge on any atom is -0.354 e. The van der Waals surface area contributed by atoms with Gasteiger partial charge < -0.3 is 10.6 Å². The van der Waals surface area contributed by atoms with E-state index < -0.39 is 0 Å². The molecule has 3 nitrogen and oxygen atoms in total. The summed E-state index contributed by atoms with van der Waals surface area (Å²) in [4.78, 5) is 4.52. The smallest absolute Gasteiger partial charge is 0.196 e. The van der Waals surface area contributed by atoms with Gasteiger partial charge in [0, 0.05) is 22.2 Å². The number of guanidine groups is 1. The largest absolute Gasteiger partial charge is 0.354 e. The van der Waals surface area contributed by atoms with Crippen LogP contribution < -0.4 is 10.6 Å². The standard InChI is InChI=1S/C13H20BrN3/c1-9(2)15-13(16-10(3)4)17-12-7-5-11(14)6-8-12/h5-10H,1-4H3,(H2,15,16,17). The molecule has 1 aromatic carbocycles. The molecule has 94 valence electrons. The van der Waals surface area contributed by atoms with E-state index in [9.17, 15) is 0 Å². The average Bonchev–Trinajstić information content (AvgIpc) is 2.19. The third-order valence-corrected chi connectivity index (χ3v) is 2.45. The van der Waals surface area contributed by atoms with Crippen LogP contribution in [0.5, 0.6) is 0 Å². The van der Waals surface area contributed by atoms with E-state index in [0.717, 1.165) is 16.1 Å². The second-order valence-electron chi connectivity index (χ2n) is 4.50. The lowest BCUT2D eigenvalue weighted by atomic mass is 10.3. The van der Waals surface area contributed by atoms with Gasteiger partial charge in [-0.25, -0.2) is 0 Å². The first-order chi connectivity index (χ1) is 7.97. The van der Waals surface area contributed by atoms with Gasteiger partial charge in [-0.1, -0.05) is 15.9 Å². The molecule has 4 heteroatoms. The lowest BCUT2D eigenvalue weighted by Gasteiger charge is -2.16. The Bertz CT molecular complexity index is 369. The van der Waals surface area contributed by atoms with Crippen molar-refractivity contribution in [2.75, 3.05) is 5.32 Å². The fourth-order valence-electron chi connectivity index (χ4n) is 1.31. The molecule has 0 aliphatic carbocycles. The van der Waals surface area contributed by atoms with Crippen LogP contribution in [0.15, 0.2) is 33.7 Å². The van der Waals surface area contributed by atoms with Gasteiger partial charge in [-0.05, 0) is 52.0 Å². The molecule has 0 bridgehead atoms. The second kappa shape index (κ2) is 6.64. The van der Waals surface area contributed by atoms with Crippen molar-refractivity contribution in [2.45, 2.75) is 39.8 Å². The van der Waals surface area contributed by atoms with Gasteiger partial charge in [-0.15, -0.1) is 0 Å². The fourth-order valence-corrected chi connectivity index (χ4v) is 1.57. The molecule has 0 heterocycles. The summed E-state index contributed by atoms with van der Waals surface area (Å²) < 4.78 is 1.07. The van der Waals surface area contributed by atoms with E-state index in [1.807, 2.05) is 24.3 Å². The minimum absolute atomic E-state index is 0.263. The summed E-state index contributed by atoms with van der Waals surface area (Å²) in [5.41, 5.74) is 1.03. The van der Waals surface area contributed by atoms with Crippen molar-refractivity contribution < 1.29 is 0 Å². The maximum absolute atomic E-state index is 4.52. The van der Waals surface area contributed by atoms with Gasteiger partial charge >= 0.3 is 0 Å². The summed E-state index contributed by atoms with van der Waals surface area (Å²) in [5.74, 6) is 0.817. The number of anilines is 1. The second-order valence-corrected chi connectivity index (χ2v) is 5.42. The van der Waals surface area contributed by atoms with Gasteiger partial charge in [-0.2, -0.15) is 0 Å². The quantitative estimate of drug-likeness (QED) is 0.660. The molecule has 1 rings (SSSR count). The van der Waals surface area contributed by atoms with Crippen LogP contribution in [0.2, 0.25) is 0 Å². The predicted octanol–water partition coefficient (Wildman–Crippen LogP) is 3.62. The summed E-state index contributed by atoms with van der Waals surface area (Å²) in [5, 5.41) is 6.59. The highest BCUT2D eigenvalue weighted by molar-refractivity contribution is 9.10. The maximum Gasteiger partial charge on any atom is 0.196 e. The zero-order chi connectivity index (χ0) is 12.8. The first-order valence-electron chi connectivity index (χ1n) is 5.84. The van der Waals surface area contributed by atoms with Crippen molar-refractivity contribution in [1.29, 1.82) is 0 Å². The zero-order valence-electron chi connectivity index (χ0n) is 10.8. The highest BCUT2D eigenvalue weighted by atomic mass is 79.9. The topological polar surface area (TPSA) is 36.4 Å². The summed E-state index contributed by atoms with van der Waals surface area (Å²) in [6.07, 6.45) is 0. The van der Waals surface area contributed by atoms with Crippen LogP contribution in [-0.2, 0) is 0 Å². The Morgan fingerprint density at radius 3 is 2.18 bits per heavy atom. The predicted molar refractivity (Wildman–Crippen MR) is 78.6 cm³/mol. The minimum atomic E-state index is 0.263. The molecule has 0 saturated carbocycles. The molecule has 0 aromatic heterocycles. The Morgan fingerprint density at radius 1 is 1.12 bits per heavy atom. The molecule has 1 aromatic rings. The van der Waals surface area contributed by atoms with Gasteiger partial charge in [-0.3, -0.25) is 4.99 Å². The Labute approximate surface area is 112 Å². The number of nitrogens with zero attached hydrogens (tertiary/aromatic N) is 1. The number of halogens is 1. The van der Waals surface area contributed by atoms with E-state index >= 15 is 0 Å². The molecule has 0 aliphatic rings. The highest BCUT2D eigenvalue weighted by Crippen LogP contribution is 2.14. The normalized spacial score (nSPS) is 12.1. The molecule has 0 atom stereocenters. The molecule has 0 fully saturated rings. The monoisotopic (exact) mass is 297 g/mol. The van der Waals surface area contributed by atoms with Gasteiger partial charge in [0.05, 0.1) is 0 Å². The summed E-state index contributed by atoms with van der Waals surface area (Å²) >= 11 is 3.42. The molecule has 0 amide bonds. The molecule has 2 N–H and O–H groups in total. The fraction of sp³-hybridized carbons (Fsp3) is 0.462. The summed E-state index contributed by atoms with van der Waals surface area (Å²) in [7, 11) is 0. The molecular weight excluding hydrogens is 278 g/mol. The van der Waals surface area contributed by atoms with E-state index in [-0.39, 0.29) is 6.04 Å². The first-order valence-corrected chi connectivity index (χ1v) is 6.63. The lowest BCUT2D eigenvalue weighted by Crippen LogP contribution is -2.36. The van der Waals surface area contributed by atoms with Crippen LogP contribution in [-0.4, -0.2) is 18.0 Å². The molecule has 17 heavy (non-hydrogen) atoms. The third-order valence-electron chi connectivity index (χ3n) is 1.92. The van der Waals surface area contributed by atoms with Crippen molar-refractivity contribution in [3.63, 3.8) is 0 Å². The SMILES string of the molecule is CC(C)N=C(Nc1ccc(Br)cc1)NC(C)C. The molecular formula is C13H20BrN3. The van der Waals surface area contributed by atoms with E-state index in [4.69, 9.17) is 0 Å². The molecule has 0 saturated heterocycles. The Morgan fingerprint density at radius 2 is 1.71 bits per heavy atom. The highest BCUT2D eigenvalue weighted by Gasteiger charge is 2.03. The van der Waals surface area contributed by atoms with E-state index in [0.29, 0.717) is 6.04 Å². The van der Waals surface area contributed by atoms with Gasteiger partial charge in [0.2, 0.25) is 0 Å². The third kappa shape index (κ3) is 5.73. The number of hydrogen-bond acceptors (Lipinski definition) is 1. The summed E-state index contributed by atoms with van der Waals surface area (Å²) in [6.45, 7) is 8.31. The Kier molecular flexibility index (Phi) is 5.48. The number of rotatable bonds is 3. The molecule has 0 spiro atoms. The van der Waals surface area contributed by atoms with Crippen molar-refractivity contribution >= 4 is 27.6 Å². The van der Waals surface area contributed by atoms with Crippen molar-refractivity contribution in [2.24, 2.45) is 4.99 Å². The summed E-state index contributed by atoms with van der Waals surface area (Å²) in [6, 6.07) is 8.66. The van der Waals surface area contributed by atoms with Crippen LogP contribution in [0.25, 0.3) is 0 Å². The Balaban J connectivity index is 2.75. The van der Waals surface area contributed by atoms with Gasteiger partial charge in [0.1, 0.15) is 0 Å². The number of nitrogens with one attached hydrogen (secondary N) is 2. The zero-order valence-corrected chi connectivity index (χ0v) is 12.4. The number of benzene rings is 1. The average molecular weight is 298 g/mol. The molecule has 0 unspecified atom stereocenters. The van der Waals surface area contributed by atoms with Crippen molar-refractivity contribution in [3.05, 3.63) is 28.7 Å². The maximum atomic E-state index is 4.52. The number of aliphatic imine (C=N–C) groups is 1. The van der Waals surface area contributed by atoms with Crippen LogP contribution in [0.4, 0.5) is 5.69 Å². The van der Waals surface area contributed by atoms with Crippen LogP contribution in [0, 0.1) is 0 Å². The van der Waals surface area contributed by atoms with Crippen LogP contribution in [0.1, 0.15) is 27.7 Å².